The molecule has 0 spiro atoms. The van der Waals surface area contributed by atoms with Crippen LogP contribution in [0, 0.1) is 5.92 Å². The van der Waals surface area contributed by atoms with E-state index in [1.165, 1.54) is 5.56 Å². The second-order valence-corrected chi connectivity index (χ2v) is 5.57. The minimum atomic E-state index is 0.177. The maximum absolute atomic E-state index is 9.01. The minimum absolute atomic E-state index is 0.177. The molecule has 1 aromatic rings. The lowest BCUT2D eigenvalue weighted by molar-refractivity contribution is 0.0529. The fourth-order valence-corrected chi connectivity index (χ4v) is 2.76. The lowest BCUT2D eigenvalue weighted by atomic mass is 9.87. The van der Waals surface area contributed by atoms with Gasteiger partial charge in [0.05, 0.1) is 6.61 Å². The molecule has 1 aliphatic rings. The van der Waals surface area contributed by atoms with Crippen molar-refractivity contribution in [2.45, 2.75) is 18.9 Å². The zero-order valence-electron chi connectivity index (χ0n) is 10.4. The van der Waals surface area contributed by atoms with Crippen LogP contribution in [-0.2, 0) is 4.74 Å². The van der Waals surface area contributed by atoms with Crippen molar-refractivity contribution in [3.8, 4) is 0 Å². The van der Waals surface area contributed by atoms with Crippen LogP contribution in [0.5, 0.6) is 0 Å². The van der Waals surface area contributed by atoms with Crippen molar-refractivity contribution in [3.05, 3.63) is 34.3 Å². The smallest absolute Gasteiger partial charge is 0.0556 e. The summed E-state index contributed by atoms with van der Waals surface area (Å²) >= 11 is 3.46. The summed E-state index contributed by atoms with van der Waals surface area (Å²) in [6.07, 6.45) is 2.16. The largest absolute Gasteiger partial charge is 0.395 e. The zero-order chi connectivity index (χ0) is 12.8. The molecule has 2 N–H and O–H groups in total. The number of aliphatic hydroxyl groups is 1. The molecule has 0 unspecified atom stereocenters. The summed E-state index contributed by atoms with van der Waals surface area (Å²) in [5.41, 5.74) is 1.29. The Morgan fingerprint density at radius 3 is 2.56 bits per heavy atom. The molecule has 1 heterocycles. The Hall–Kier alpha value is -0.420. The van der Waals surface area contributed by atoms with Gasteiger partial charge in [0, 0.05) is 30.3 Å². The van der Waals surface area contributed by atoms with Crippen molar-refractivity contribution in [2.75, 3.05) is 26.4 Å². The van der Waals surface area contributed by atoms with E-state index in [0.29, 0.717) is 18.5 Å². The van der Waals surface area contributed by atoms with Crippen LogP contribution in [0.25, 0.3) is 0 Å². The first-order chi connectivity index (χ1) is 8.81. The third-order valence-corrected chi connectivity index (χ3v) is 3.97. The van der Waals surface area contributed by atoms with Gasteiger partial charge in [-0.15, -0.1) is 0 Å². The summed E-state index contributed by atoms with van der Waals surface area (Å²) in [4.78, 5) is 0. The van der Waals surface area contributed by atoms with Crippen molar-refractivity contribution in [1.29, 1.82) is 0 Å². The second-order valence-electron chi connectivity index (χ2n) is 4.66. The van der Waals surface area contributed by atoms with E-state index >= 15 is 0 Å². The summed E-state index contributed by atoms with van der Waals surface area (Å²) in [6.45, 7) is 2.51. The number of hydrogen-bond acceptors (Lipinski definition) is 3. The molecule has 4 heteroatoms. The molecular formula is C14H20BrNO2. The van der Waals surface area contributed by atoms with Crippen LogP contribution in [-0.4, -0.2) is 31.5 Å². The average molecular weight is 314 g/mol. The molecule has 1 fully saturated rings. The first kappa shape index (κ1) is 14.0. The van der Waals surface area contributed by atoms with Crippen LogP contribution in [0.4, 0.5) is 0 Å². The number of rotatable bonds is 5. The first-order valence-electron chi connectivity index (χ1n) is 6.48. The van der Waals surface area contributed by atoms with Crippen molar-refractivity contribution >= 4 is 15.9 Å². The van der Waals surface area contributed by atoms with Crippen LogP contribution in [0.15, 0.2) is 28.7 Å². The Morgan fingerprint density at radius 1 is 1.28 bits per heavy atom. The van der Waals surface area contributed by atoms with Crippen LogP contribution in [0.3, 0.4) is 0 Å². The van der Waals surface area contributed by atoms with E-state index in [1.807, 2.05) is 0 Å². The zero-order valence-corrected chi connectivity index (χ0v) is 12.0. The van der Waals surface area contributed by atoms with Gasteiger partial charge in [-0.2, -0.15) is 0 Å². The molecular weight excluding hydrogens is 294 g/mol. The van der Waals surface area contributed by atoms with Gasteiger partial charge >= 0.3 is 0 Å². The standard InChI is InChI=1S/C14H20BrNO2/c15-13-3-1-11(2-4-13)14(16-7-8-17)12-5-9-18-10-6-12/h1-4,12,14,16-17H,5-10H2/t14-/m0/s1. The van der Waals surface area contributed by atoms with Gasteiger partial charge in [-0.05, 0) is 36.5 Å². The van der Waals surface area contributed by atoms with E-state index in [2.05, 4.69) is 45.5 Å². The van der Waals surface area contributed by atoms with E-state index in [4.69, 9.17) is 9.84 Å². The highest BCUT2D eigenvalue weighted by molar-refractivity contribution is 9.10. The molecule has 0 bridgehead atoms. The number of aliphatic hydroxyl groups excluding tert-OH is 1. The Bertz CT molecular complexity index is 349. The Kier molecular flexibility index (Phi) is 5.63. The van der Waals surface area contributed by atoms with E-state index in [1.54, 1.807) is 0 Å². The highest BCUT2D eigenvalue weighted by atomic mass is 79.9. The van der Waals surface area contributed by atoms with E-state index < -0.39 is 0 Å². The van der Waals surface area contributed by atoms with Crippen molar-refractivity contribution in [3.63, 3.8) is 0 Å². The first-order valence-corrected chi connectivity index (χ1v) is 7.28. The molecule has 0 aliphatic carbocycles. The van der Waals surface area contributed by atoms with Gasteiger partial charge in [-0.3, -0.25) is 0 Å². The van der Waals surface area contributed by atoms with Crippen molar-refractivity contribution < 1.29 is 9.84 Å². The van der Waals surface area contributed by atoms with E-state index in [9.17, 15) is 0 Å². The van der Waals surface area contributed by atoms with Gasteiger partial charge in [0.25, 0.3) is 0 Å². The van der Waals surface area contributed by atoms with E-state index in [-0.39, 0.29) is 6.61 Å². The van der Waals surface area contributed by atoms with Gasteiger partial charge in [0.2, 0.25) is 0 Å². The van der Waals surface area contributed by atoms with Gasteiger partial charge in [0.15, 0.2) is 0 Å². The minimum Gasteiger partial charge on any atom is -0.395 e. The Labute approximate surface area is 117 Å². The molecule has 1 aliphatic heterocycles. The predicted octanol–water partition coefficient (Wildman–Crippen LogP) is 2.50. The number of halogens is 1. The number of ether oxygens (including phenoxy) is 1. The average Bonchev–Trinajstić information content (AvgIpc) is 2.42. The number of hydrogen-bond donors (Lipinski definition) is 2. The molecule has 0 saturated carbocycles. The lowest BCUT2D eigenvalue weighted by Gasteiger charge is -2.31. The summed E-state index contributed by atoms with van der Waals surface area (Å²) in [7, 11) is 0. The Morgan fingerprint density at radius 2 is 1.94 bits per heavy atom. The second kappa shape index (κ2) is 7.24. The molecule has 100 valence electrons. The normalized spacial score (nSPS) is 18.8. The van der Waals surface area contributed by atoms with Crippen molar-refractivity contribution in [1.82, 2.24) is 5.32 Å². The number of benzene rings is 1. The monoisotopic (exact) mass is 313 g/mol. The van der Waals surface area contributed by atoms with Gasteiger partial charge in [0.1, 0.15) is 0 Å². The van der Waals surface area contributed by atoms with Gasteiger partial charge < -0.3 is 15.2 Å². The van der Waals surface area contributed by atoms with Crippen LogP contribution < -0.4 is 5.32 Å². The summed E-state index contributed by atoms with van der Waals surface area (Å²) < 4.78 is 6.52. The van der Waals surface area contributed by atoms with Crippen LogP contribution in [0.2, 0.25) is 0 Å². The number of nitrogens with one attached hydrogen (secondary N) is 1. The summed E-state index contributed by atoms with van der Waals surface area (Å²) in [5, 5.41) is 12.5. The highest BCUT2D eigenvalue weighted by Crippen LogP contribution is 2.30. The maximum atomic E-state index is 9.01. The predicted molar refractivity (Wildman–Crippen MR) is 75.5 cm³/mol. The maximum Gasteiger partial charge on any atom is 0.0556 e. The topological polar surface area (TPSA) is 41.5 Å². The van der Waals surface area contributed by atoms with Crippen LogP contribution >= 0.6 is 15.9 Å². The molecule has 1 aromatic carbocycles. The van der Waals surface area contributed by atoms with Crippen LogP contribution in [0.1, 0.15) is 24.4 Å². The molecule has 1 atom stereocenters. The fourth-order valence-electron chi connectivity index (χ4n) is 2.50. The SMILES string of the molecule is OCCN[C@@H](c1ccc(Br)cc1)C1CCOCC1. The quantitative estimate of drug-likeness (QED) is 0.877. The molecule has 0 amide bonds. The molecule has 18 heavy (non-hydrogen) atoms. The Balaban J connectivity index is 2.10. The lowest BCUT2D eigenvalue weighted by Crippen LogP contribution is -2.33. The van der Waals surface area contributed by atoms with E-state index in [0.717, 1.165) is 30.5 Å². The molecule has 3 nitrogen and oxygen atoms in total. The third kappa shape index (κ3) is 3.79. The molecule has 2 rings (SSSR count). The fraction of sp³-hybridized carbons (Fsp3) is 0.571. The van der Waals surface area contributed by atoms with Crippen molar-refractivity contribution in [2.24, 2.45) is 5.92 Å². The molecule has 0 radical (unpaired) electrons. The third-order valence-electron chi connectivity index (χ3n) is 3.44. The molecule has 1 saturated heterocycles. The highest BCUT2D eigenvalue weighted by Gasteiger charge is 2.24. The summed E-state index contributed by atoms with van der Waals surface area (Å²) in [5.74, 6) is 0.589. The van der Waals surface area contributed by atoms with Gasteiger partial charge in [-0.1, -0.05) is 28.1 Å². The molecule has 0 aromatic heterocycles. The summed E-state index contributed by atoms with van der Waals surface area (Å²) in [6, 6.07) is 8.75. The van der Waals surface area contributed by atoms with Gasteiger partial charge in [-0.25, -0.2) is 0 Å².